The highest BCUT2D eigenvalue weighted by molar-refractivity contribution is 5.64. The van der Waals surface area contributed by atoms with Gasteiger partial charge in [-0.05, 0) is 26.3 Å². The first kappa shape index (κ1) is 15.6. The van der Waals surface area contributed by atoms with Crippen LogP contribution in [0.25, 0.3) is 0 Å². The number of piperidine rings is 1. The molecule has 0 amide bonds. The van der Waals surface area contributed by atoms with Crippen LogP contribution in [-0.2, 0) is 0 Å². The summed E-state index contributed by atoms with van der Waals surface area (Å²) in [6, 6.07) is 1.77. The molecule has 21 heavy (non-hydrogen) atoms. The largest absolute Gasteiger partial charge is 0.365 e. The smallest absolute Gasteiger partial charge is 0.328 e. The van der Waals surface area contributed by atoms with Crippen molar-refractivity contribution in [1.29, 1.82) is 0 Å². The average Bonchev–Trinajstić information content (AvgIpc) is 2.44. The lowest BCUT2D eigenvalue weighted by Gasteiger charge is -2.31. The molecule has 1 aromatic carbocycles. The number of nitro benzene ring substituents is 1. The normalized spacial score (nSPS) is 18.5. The van der Waals surface area contributed by atoms with Gasteiger partial charge in [0.15, 0.2) is 0 Å². The summed E-state index contributed by atoms with van der Waals surface area (Å²) in [5.41, 5.74) is -0.651. The maximum atomic E-state index is 13.7. The number of halogens is 2. The predicted octanol–water partition coefficient (Wildman–Crippen LogP) is 2.84. The van der Waals surface area contributed by atoms with Crippen LogP contribution in [0.3, 0.4) is 0 Å². The lowest BCUT2D eigenvalue weighted by atomic mass is 10.0. The van der Waals surface area contributed by atoms with Gasteiger partial charge >= 0.3 is 5.69 Å². The number of hydrogen-bond donors (Lipinski definition) is 1. The van der Waals surface area contributed by atoms with Crippen LogP contribution in [0.1, 0.15) is 26.2 Å². The molecule has 1 aliphatic rings. The molecular weight excluding hydrogens is 280 g/mol. The molecule has 5 nitrogen and oxygen atoms in total. The summed E-state index contributed by atoms with van der Waals surface area (Å²) in [6.45, 7) is 3.67. The fourth-order valence-electron chi connectivity index (χ4n) is 2.72. The van der Waals surface area contributed by atoms with Gasteiger partial charge in [0.1, 0.15) is 11.5 Å². The first-order chi connectivity index (χ1) is 10.0. The number of anilines is 1. The second kappa shape index (κ2) is 6.80. The Kier molecular flexibility index (Phi) is 5.06. The highest BCUT2D eigenvalue weighted by Gasteiger charge is 2.27. The van der Waals surface area contributed by atoms with Gasteiger partial charge in [-0.15, -0.1) is 0 Å². The Morgan fingerprint density at radius 1 is 1.43 bits per heavy atom. The van der Waals surface area contributed by atoms with E-state index in [-0.39, 0.29) is 11.7 Å². The summed E-state index contributed by atoms with van der Waals surface area (Å²) in [4.78, 5) is 11.9. The fraction of sp³-hybridized carbons (Fsp3) is 0.571. The molecule has 1 aromatic rings. The van der Waals surface area contributed by atoms with Crippen molar-refractivity contribution in [2.45, 2.75) is 32.2 Å². The minimum absolute atomic E-state index is 0.00683. The van der Waals surface area contributed by atoms with E-state index >= 15 is 0 Å². The molecule has 0 radical (unpaired) electrons. The van der Waals surface area contributed by atoms with Crippen LogP contribution in [0, 0.1) is 21.7 Å². The van der Waals surface area contributed by atoms with Crippen molar-refractivity contribution in [3.63, 3.8) is 0 Å². The quantitative estimate of drug-likeness (QED) is 0.671. The van der Waals surface area contributed by atoms with Crippen LogP contribution in [0.15, 0.2) is 12.1 Å². The molecule has 1 aliphatic heterocycles. The third-order valence-electron chi connectivity index (χ3n) is 3.77. The van der Waals surface area contributed by atoms with Gasteiger partial charge in [-0.1, -0.05) is 6.42 Å². The van der Waals surface area contributed by atoms with Crippen molar-refractivity contribution in [2.24, 2.45) is 0 Å². The summed E-state index contributed by atoms with van der Waals surface area (Å²) in [5.74, 6) is -1.94. The minimum Gasteiger partial charge on any atom is -0.365 e. The highest BCUT2D eigenvalue weighted by atomic mass is 19.1. The summed E-state index contributed by atoms with van der Waals surface area (Å²) >= 11 is 0. The Labute approximate surface area is 122 Å². The van der Waals surface area contributed by atoms with Crippen molar-refractivity contribution in [2.75, 3.05) is 24.5 Å². The molecular formula is C14H19F2N3O2. The van der Waals surface area contributed by atoms with E-state index in [0.29, 0.717) is 19.2 Å². The second-order valence-corrected chi connectivity index (χ2v) is 5.20. The Balaban J connectivity index is 2.29. The molecule has 1 fully saturated rings. The van der Waals surface area contributed by atoms with Crippen LogP contribution in [0.4, 0.5) is 20.2 Å². The third kappa shape index (κ3) is 3.66. The zero-order chi connectivity index (χ0) is 15.4. The van der Waals surface area contributed by atoms with E-state index in [9.17, 15) is 18.9 Å². The van der Waals surface area contributed by atoms with E-state index in [2.05, 4.69) is 5.32 Å². The van der Waals surface area contributed by atoms with Crippen molar-refractivity contribution >= 4 is 11.4 Å². The Hall–Kier alpha value is -1.76. The van der Waals surface area contributed by atoms with Gasteiger partial charge in [0.2, 0.25) is 5.82 Å². The third-order valence-corrected chi connectivity index (χ3v) is 3.77. The van der Waals surface area contributed by atoms with Crippen molar-refractivity contribution in [3.05, 3.63) is 33.9 Å². The molecule has 1 unspecified atom stereocenters. The van der Waals surface area contributed by atoms with E-state index in [0.717, 1.165) is 31.9 Å². The lowest BCUT2D eigenvalue weighted by Crippen LogP contribution is -2.44. The summed E-state index contributed by atoms with van der Waals surface area (Å²) in [6.07, 6.45) is 3.16. The van der Waals surface area contributed by atoms with E-state index in [1.165, 1.54) is 0 Å². The van der Waals surface area contributed by atoms with Crippen molar-refractivity contribution in [1.82, 2.24) is 5.32 Å². The van der Waals surface area contributed by atoms with E-state index < -0.39 is 22.2 Å². The number of nitrogens with one attached hydrogen (secondary N) is 1. The SMILES string of the molecule is CCN(CC1CCCCN1)c1cc(F)cc(F)c1[N+](=O)[O-]. The second-order valence-electron chi connectivity index (χ2n) is 5.20. The van der Waals surface area contributed by atoms with Crippen LogP contribution >= 0.6 is 0 Å². The maximum Gasteiger partial charge on any atom is 0.328 e. The molecule has 0 saturated carbocycles. The number of benzene rings is 1. The van der Waals surface area contributed by atoms with Gasteiger partial charge in [-0.25, -0.2) is 4.39 Å². The van der Waals surface area contributed by atoms with Gasteiger partial charge in [0, 0.05) is 31.3 Å². The molecule has 1 saturated heterocycles. The summed E-state index contributed by atoms with van der Waals surface area (Å²) < 4.78 is 27.2. The first-order valence-electron chi connectivity index (χ1n) is 7.14. The van der Waals surface area contributed by atoms with E-state index in [1.54, 1.807) is 4.90 Å². The topological polar surface area (TPSA) is 58.4 Å². The summed E-state index contributed by atoms with van der Waals surface area (Å²) in [7, 11) is 0. The van der Waals surface area contributed by atoms with E-state index in [1.807, 2.05) is 6.92 Å². The minimum atomic E-state index is -1.13. The lowest BCUT2D eigenvalue weighted by molar-refractivity contribution is -0.386. The number of rotatable bonds is 5. The summed E-state index contributed by atoms with van der Waals surface area (Å²) in [5, 5.41) is 14.4. The van der Waals surface area contributed by atoms with Crippen LogP contribution in [-0.4, -0.2) is 30.6 Å². The van der Waals surface area contributed by atoms with E-state index in [4.69, 9.17) is 0 Å². The number of likely N-dealkylation sites (N-methyl/N-ethyl adjacent to an activating group) is 1. The van der Waals surface area contributed by atoms with Crippen LogP contribution < -0.4 is 10.2 Å². The van der Waals surface area contributed by atoms with Crippen molar-refractivity contribution < 1.29 is 13.7 Å². The molecule has 1 atom stereocenters. The van der Waals surface area contributed by atoms with Crippen LogP contribution in [0.5, 0.6) is 0 Å². The highest BCUT2D eigenvalue weighted by Crippen LogP contribution is 2.32. The monoisotopic (exact) mass is 299 g/mol. The molecule has 1 N–H and O–H groups in total. The Morgan fingerprint density at radius 2 is 2.19 bits per heavy atom. The Morgan fingerprint density at radius 3 is 2.76 bits per heavy atom. The molecule has 0 aromatic heterocycles. The van der Waals surface area contributed by atoms with Gasteiger partial charge in [0.25, 0.3) is 0 Å². The zero-order valence-corrected chi connectivity index (χ0v) is 11.9. The maximum absolute atomic E-state index is 13.7. The van der Waals surface area contributed by atoms with Gasteiger partial charge < -0.3 is 10.2 Å². The number of nitrogens with zero attached hydrogens (tertiary/aromatic N) is 2. The van der Waals surface area contributed by atoms with Gasteiger partial charge in [0.05, 0.1) is 4.92 Å². The van der Waals surface area contributed by atoms with Crippen molar-refractivity contribution in [3.8, 4) is 0 Å². The molecule has 0 bridgehead atoms. The average molecular weight is 299 g/mol. The number of hydrogen-bond acceptors (Lipinski definition) is 4. The predicted molar refractivity (Wildman–Crippen MR) is 76.5 cm³/mol. The standard InChI is InChI=1S/C14H19F2N3O2/c1-2-18(9-11-5-3-4-6-17-11)13-8-10(15)7-12(16)14(13)19(20)21/h7-8,11,17H,2-6,9H2,1H3. The number of nitro groups is 1. The fourth-order valence-corrected chi connectivity index (χ4v) is 2.72. The molecule has 7 heteroatoms. The molecule has 1 heterocycles. The van der Waals surface area contributed by atoms with Crippen LogP contribution in [0.2, 0.25) is 0 Å². The van der Waals surface area contributed by atoms with Gasteiger partial charge in [-0.3, -0.25) is 10.1 Å². The Bertz CT molecular complexity index is 519. The molecule has 0 spiro atoms. The zero-order valence-electron chi connectivity index (χ0n) is 11.9. The molecule has 116 valence electrons. The molecule has 2 rings (SSSR count). The van der Waals surface area contributed by atoms with Gasteiger partial charge in [-0.2, -0.15) is 4.39 Å². The first-order valence-corrected chi connectivity index (χ1v) is 7.14. The molecule has 0 aliphatic carbocycles.